The van der Waals surface area contributed by atoms with Crippen molar-refractivity contribution >= 4 is 52.3 Å². The molecular formula is C28H26Cl2F2N4O3. The van der Waals surface area contributed by atoms with Gasteiger partial charge in [-0.3, -0.25) is 14.4 Å². The zero-order chi connectivity index (χ0) is 28.5. The van der Waals surface area contributed by atoms with Crippen LogP contribution < -0.4 is 20.4 Å². The van der Waals surface area contributed by atoms with E-state index in [-0.39, 0.29) is 18.7 Å². The third kappa shape index (κ3) is 6.49. The fourth-order valence-electron chi connectivity index (χ4n) is 4.31. The molecule has 1 aliphatic rings. The fraction of sp³-hybridized carbons (Fsp3) is 0.250. The molecule has 2 N–H and O–H groups in total. The standard InChI is InChI=1S/C28H26Cl2F2N4O3/c1-28(2,34-25(37)17-4-6-20(31)7-5-17)27(39)33-22-15-36(14-16-10-18(29)12-19(30)11-16)23-9-8-21(32)13-24(23)35(3)26(22)38/h4-13,22H,14-15H2,1-3H3,(H,33,39)(H,34,37)/t22-/m1/s1. The van der Waals surface area contributed by atoms with Crippen molar-refractivity contribution in [2.24, 2.45) is 0 Å². The Morgan fingerprint density at radius 1 is 0.949 bits per heavy atom. The SMILES string of the molecule is CN1C(=O)[C@H](NC(=O)C(C)(C)NC(=O)c2ccc(F)cc2)CN(Cc2cc(Cl)cc(Cl)c2)c2ccc(F)cc21. The molecule has 0 saturated carbocycles. The second-order valence-corrected chi connectivity index (χ2v) is 10.7. The van der Waals surface area contributed by atoms with E-state index in [0.717, 1.165) is 17.7 Å². The van der Waals surface area contributed by atoms with E-state index in [9.17, 15) is 23.2 Å². The second kappa shape index (κ2) is 11.2. The van der Waals surface area contributed by atoms with Gasteiger partial charge in [0.1, 0.15) is 23.2 Å². The minimum absolute atomic E-state index is 0.0413. The van der Waals surface area contributed by atoms with E-state index in [4.69, 9.17) is 23.2 Å². The van der Waals surface area contributed by atoms with E-state index in [2.05, 4.69) is 10.6 Å². The number of carbonyl (C=O) groups is 3. The fourth-order valence-corrected chi connectivity index (χ4v) is 4.89. The minimum atomic E-state index is -1.43. The van der Waals surface area contributed by atoms with Crippen molar-refractivity contribution in [3.63, 3.8) is 0 Å². The Morgan fingerprint density at radius 3 is 2.21 bits per heavy atom. The summed E-state index contributed by atoms with van der Waals surface area (Å²) >= 11 is 12.4. The first kappa shape index (κ1) is 28.3. The lowest BCUT2D eigenvalue weighted by atomic mass is 10.0. The molecule has 0 aliphatic carbocycles. The number of carbonyl (C=O) groups excluding carboxylic acids is 3. The number of amides is 3. The van der Waals surface area contributed by atoms with E-state index < -0.39 is 40.9 Å². The first-order valence-electron chi connectivity index (χ1n) is 12.0. The molecule has 1 aliphatic heterocycles. The Labute approximate surface area is 234 Å². The number of likely N-dealkylation sites (N-methyl/N-ethyl adjacent to an activating group) is 1. The van der Waals surface area contributed by atoms with Crippen LogP contribution in [-0.2, 0) is 16.1 Å². The zero-order valence-electron chi connectivity index (χ0n) is 21.4. The van der Waals surface area contributed by atoms with Gasteiger partial charge in [-0.25, -0.2) is 8.78 Å². The molecule has 4 rings (SSSR count). The van der Waals surface area contributed by atoms with Crippen molar-refractivity contribution in [3.05, 3.63) is 93.5 Å². The van der Waals surface area contributed by atoms with Crippen LogP contribution in [0.1, 0.15) is 29.8 Å². The number of hydrogen-bond donors (Lipinski definition) is 2. The molecule has 3 aromatic carbocycles. The van der Waals surface area contributed by atoms with E-state index >= 15 is 0 Å². The highest BCUT2D eigenvalue weighted by atomic mass is 35.5. The van der Waals surface area contributed by atoms with E-state index in [0.29, 0.717) is 21.4 Å². The summed E-state index contributed by atoms with van der Waals surface area (Å²) in [4.78, 5) is 42.6. The Hall–Kier alpha value is -3.69. The van der Waals surface area contributed by atoms with Crippen molar-refractivity contribution in [1.82, 2.24) is 10.6 Å². The Kier molecular flexibility index (Phi) is 8.13. The van der Waals surface area contributed by atoms with Gasteiger partial charge in [-0.05, 0) is 80.1 Å². The molecule has 0 spiro atoms. The molecule has 0 bridgehead atoms. The monoisotopic (exact) mass is 574 g/mol. The summed E-state index contributed by atoms with van der Waals surface area (Å²) in [6.07, 6.45) is 0. The number of fused-ring (bicyclic) bond motifs is 1. The van der Waals surface area contributed by atoms with Crippen LogP contribution in [-0.4, -0.2) is 42.9 Å². The first-order valence-corrected chi connectivity index (χ1v) is 12.8. The van der Waals surface area contributed by atoms with Gasteiger partial charge in [-0.2, -0.15) is 0 Å². The molecular weight excluding hydrogens is 549 g/mol. The van der Waals surface area contributed by atoms with Gasteiger partial charge in [0.05, 0.1) is 11.4 Å². The van der Waals surface area contributed by atoms with Crippen molar-refractivity contribution in [1.29, 1.82) is 0 Å². The minimum Gasteiger partial charge on any atom is -0.363 e. The number of benzene rings is 3. The van der Waals surface area contributed by atoms with Crippen LogP contribution in [0.4, 0.5) is 20.2 Å². The predicted molar refractivity (Wildman–Crippen MR) is 147 cm³/mol. The van der Waals surface area contributed by atoms with Gasteiger partial charge in [0.25, 0.3) is 11.8 Å². The molecule has 3 amide bonds. The normalized spacial score (nSPS) is 15.5. The van der Waals surface area contributed by atoms with Gasteiger partial charge in [-0.1, -0.05) is 23.2 Å². The molecule has 0 unspecified atom stereocenters. The van der Waals surface area contributed by atoms with Gasteiger partial charge in [0, 0.05) is 35.7 Å². The van der Waals surface area contributed by atoms with Gasteiger partial charge in [0.15, 0.2) is 0 Å². The second-order valence-electron chi connectivity index (χ2n) is 9.80. The van der Waals surface area contributed by atoms with Gasteiger partial charge in [-0.15, -0.1) is 0 Å². The Balaban J connectivity index is 1.60. The molecule has 1 atom stereocenters. The molecule has 0 aromatic heterocycles. The topological polar surface area (TPSA) is 81.8 Å². The third-order valence-corrected chi connectivity index (χ3v) is 6.81. The molecule has 1 heterocycles. The highest BCUT2D eigenvalue weighted by Gasteiger charge is 2.37. The molecule has 3 aromatic rings. The molecule has 0 fully saturated rings. The van der Waals surface area contributed by atoms with E-state index in [1.165, 1.54) is 50.1 Å². The molecule has 204 valence electrons. The summed E-state index contributed by atoms with van der Waals surface area (Å²) < 4.78 is 27.5. The summed E-state index contributed by atoms with van der Waals surface area (Å²) in [5.41, 5.74) is 0.391. The van der Waals surface area contributed by atoms with E-state index in [1.807, 2.05) is 4.90 Å². The van der Waals surface area contributed by atoms with E-state index in [1.54, 1.807) is 24.3 Å². The third-order valence-electron chi connectivity index (χ3n) is 6.37. The van der Waals surface area contributed by atoms with Crippen LogP contribution in [0, 0.1) is 11.6 Å². The lowest BCUT2D eigenvalue weighted by Gasteiger charge is -2.30. The van der Waals surface area contributed by atoms with Crippen molar-refractivity contribution < 1.29 is 23.2 Å². The number of anilines is 2. The lowest BCUT2D eigenvalue weighted by molar-refractivity contribution is -0.130. The molecule has 11 heteroatoms. The average molecular weight is 575 g/mol. The van der Waals surface area contributed by atoms with Crippen molar-refractivity contribution in [2.45, 2.75) is 32.0 Å². The number of rotatable bonds is 6. The summed E-state index contributed by atoms with van der Waals surface area (Å²) in [6.45, 7) is 3.28. The van der Waals surface area contributed by atoms with Crippen LogP contribution in [0.25, 0.3) is 0 Å². The van der Waals surface area contributed by atoms with Crippen LogP contribution in [0.2, 0.25) is 10.0 Å². The van der Waals surface area contributed by atoms with Gasteiger partial charge in [0.2, 0.25) is 5.91 Å². The maximum atomic E-state index is 14.2. The average Bonchev–Trinajstić information content (AvgIpc) is 2.94. The van der Waals surface area contributed by atoms with Crippen LogP contribution in [0.3, 0.4) is 0 Å². The molecule has 39 heavy (non-hydrogen) atoms. The lowest BCUT2D eigenvalue weighted by Crippen LogP contribution is -2.60. The Morgan fingerprint density at radius 2 is 1.56 bits per heavy atom. The summed E-state index contributed by atoms with van der Waals surface area (Å²) in [5.74, 6) is -2.69. The van der Waals surface area contributed by atoms with Crippen LogP contribution in [0.15, 0.2) is 60.7 Å². The van der Waals surface area contributed by atoms with Gasteiger partial charge >= 0.3 is 0 Å². The quantitative estimate of drug-likeness (QED) is 0.436. The van der Waals surface area contributed by atoms with Crippen LogP contribution in [0.5, 0.6) is 0 Å². The predicted octanol–water partition coefficient (Wildman–Crippen LogP) is 4.95. The highest BCUT2D eigenvalue weighted by molar-refractivity contribution is 6.34. The number of nitrogens with one attached hydrogen (secondary N) is 2. The summed E-state index contributed by atoms with van der Waals surface area (Å²) in [5, 5.41) is 6.23. The number of hydrogen-bond acceptors (Lipinski definition) is 4. The number of nitrogens with zero attached hydrogens (tertiary/aromatic N) is 2. The largest absolute Gasteiger partial charge is 0.363 e. The summed E-state index contributed by atoms with van der Waals surface area (Å²) in [6, 6.07) is 13.0. The maximum Gasteiger partial charge on any atom is 0.252 e. The maximum absolute atomic E-state index is 14.2. The zero-order valence-corrected chi connectivity index (χ0v) is 22.9. The number of halogens is 4. The summed E-state index contributed by atoms with van der Waals surface area (Å²) in [7, 11) is 1.50. The van der Waals surface area contributed by atoms with Gasteiger partial charge < -0.3 is 20.4 Å². The van der Waals surface area contributed by atoms with Crippen molar-refractivity contribution in [2.75, 3.05) is 23.4 Å². The van der Waals surface area contributed by atoms with Crippen LogP contribution >= 0.6 is 23.2 Å². The van der Waals surface area contributed by atoms with Crippen molar-refractivity contribution in [3.8, 4) is 0 Å². The molecule has 7 nitrogen and oxygen atoms in total. The Bertz CT molecular complexity index is 1410. The molecule has 0 saturated heterocycles. The smallest absolute Gasteiger partial charge is 0.252 e. The first-order chi connectivity index (χ1) is 18.3. The highest BCUT2D eigenvalue weighted by Crippen LogP contribution is 2.34. The molecule has 0 radical (unpaired) electrons.